The van der Waals surface area contributed by atoms with Gasteiger partial charge in [-0.15, -0.1) is 0 Å². The summed E-state index contributed by atoms with van der Waals surface area (Å²) in [7, 11) is 0. The van der Waals surface area contributed by atoms with Gasteiger partial charge in [0, 0.05) is 5.92 Å². The molecule has 2 heterocycles. The molecule has 1 saturated heterocycles. The van der Waals surface area contributed by atoms with E-state index in [1.165, 1.54) is 25.0 Å². The first-order valence-electron chi connectivity index (χ1n) is 8.23. The lowest BCUT2D eigenvalue weighted by Crippen LogP contribution is -2.24. The molecule has 0 radical (unpaired) electrons. The van der Waals surface area contributed by atoms with Gasteiger partial charge in [0.25, 0.3) is 0 Å². The van der Waals surface area contributed by atoms with Crippen molar-refractivity contribution in [2.24, 2.45) is 0 Å². The van der Waals surface area contributed by atoms with E-state index in [0.717, 1.165) is 18.7 Å². The summed E-state index contributed by atoms with van der Waals surface area (Å²) in [5, 5.41) is 4.68. The fourth-order valence-electron chi connectivity index (χ4n) is 3.34. The highest BCUT2D eigenvalue weighted by Crippen LogP contribution is 2.34. The lowest BCUT2D eigenvalue weighted by atomic mass is 10.1. The summed E-state index contributed by atoms with van der Waals surface area (Å²) in [6.45, 7) is 1.59. The Labute approximate surface area is 134 Å². The second-order valence-electron chi connectivity index (χ2n) is 6.14. The zero-order valence-electron chi connectivity index (χ0n) is 12.9. The van der Waals surface area contributed by atoms with Crippen LogP contribution in [0.4, 0.5) is 4.39 Å². The summed E-state index contributed by atoms with van der Waals surface area (Å²) in [6, 6.07) is 6.42. The van der Waals surface area contributed by atoms with Gasteiger partial charge in [-0.3, -0.25) is 0 Å². The van der Waals surface area contributed by atoms with Crippen molar-refractivity contribution in [2.45, 2.75) is 37.7 Å². The zero-order chi connectivity index (χ0) is 15.6. The second kappa shape index (κ2) is 6.37. The predicted molar refractivity (Wildman–Crippen MR) is 82.0 cm³/mol. The molecule has 2 fully saturated rings. The number of nitrogens with zero attached hydrogens (tertiary/aromatic N) is 3. The van der Waals surface area contributed by atoms with Crippen LogP contribution in [0.5, 0.6) is 0 Å². The van der Waals surface area contributed by atoms with Gasteiger partial charge in [0.1, 0.15) is 11.9 Å². The fourth-order valence-corrected chi connectivity index (χ4v) is 3.34. The van der Waals surface area contributed by atoms with Crippen LogP contribution in [0.3, 0.4) is 0 Å². The minimum Gasteiger partial charge on any atom is -0.376 e. The van der Waals surface area contributed by atoms with E-state index in [0.29, 0.717) is 37.3 Å². The fraction of sp³-hybridized carbons (Fsp3) is 0.529. The van der Waals surface area contributed by atoms with Gasteiger partial charge in [0.15, 0.2) is 11.6 Å². The lowest BCUT2D eigenvalue weighted by Gasteiger charge is -2.22. The van der Waals surface area contributed by atoms with Gasteiger partial charge in [-0.25, -0.2) is 14.1 Å². The summed E-state index contributed by atoms with van der Waals surface area (Å²) in [5.74, 6) is 1.66. The number of rotatable bonds is 3. The van der Waals surface area contributed by atoms with Crippen molar-refractivity contribution in [2.75, 3.05) is 19.8 Å². The number of aromatic nitrogens is 3. The molecule has 4 rings (SSSR count). The Kier molecular flexibility index (Phi) is 4.10. The summed E-state index contributed by atoms with van der Waals surface area (Å²) >= 11 is 0. The van der Waals surface area contributed by atoms with Gasteiger partial charge < -0.3 is 9.47 Å². The van der Waals surface area contributed by atoms with Crippen molar-refractivity contribution < 1.29 is 13.9 Å². The van der Waals surface area contributed by atoms with Crippen LogP contribution >= 0.6 is 0 Å². The molecular formula is C17H20FN3O2. The van der Waals surface area contributed by atoms with Crippen LogP contribution in [-0.4, -0.2) is 34.6 Å². The maximum atomic E-state index is 13.6. The van der Waals surface area contributed by atoms with E-state index in [4.69, 9.17) is 14.5 Å². The van der Waals surface area contributed by atoms with E-state index in [1.54, 1.807) is 10.7 Å². The Morgan fingerprint density at radius 1 is 1.17 bits per heavy atom. The normalized spacial score (nSPS) is 22.6. The summed E-state index contributed by atoms with van der Waals surface area (Å²) in [6.07, 6.45) is 4.42. The Morgan fingerprint density at radius 3 is 2.78 bits per heavy atom. The SMILES string of the molecule is Fc1cccc(-n2nc(C3CCCC3)nc2[C@H]2COCCO2)c1. The largest absolute Gasteiger partial charge is 0.376 e. The molecule has 0 unspecified atom stereocenters. The molecule has 5 nitrogen and oxygen atoms in total. The van der Waals surface area contributed by atoms with E-state index in [1.807, 2.05) is 6.07 Å². The van der Waals surface area contributed by atoms with Gasteiger partial charge in [0.05, 0.1) is 25.5 Å². The Hall–Kier alpha value is -1.79. The van der Waals surface area contributed by atoms with Crippen molar-refractivity contribution in [1.82, 2.24) is 14.8 Å². The molecule has 1 saturated carbocycles. The molecule has 1 aliphatic heterocycles. The standard InChI is InChI=1S/C17H20FN3O2/c18-13-6-3-7-14(10-13)21-17(15-11-22-8-9-23-15)19-16(20-21)12-4-1-2-5-12/h3,6-7,10,12,15H,1-2,4-5,8-9,11H2/t15-/m1/s1. The van der Waals surface area contributed by atoms with Crippen molar-refractivity contribution in [3.8, 4) is 5.69 Å². The first-order valence-corrected chi connectivity index (χ1v) is 8.23. The van der Waals surface area contributed by atoms with Crippen molar-refractivity contribution >= 4 is 0 Å². The molecule has 1 aliphatic carbocycles. The minimum atomic E-state index is -0.285. The van der Waals surface area contributed by atoms with Gasteiger partial charge in [-0.1, -0.05) is 18.9 Å². The smallest absolute Gasteiger partial charge is 0.163 e. The molecular weight excluding hydrogens is 297 g/mol. The molecule has 122 valence electrons. The van der Waals surface area contributed by atoms with Crippen LogP contribution in [0.25, 0.3) is 5.69 Å². The van der Waals surface area contributed by atoms with Crippen molar-refractivity contribution in [1.29, 1.82) is 0 Å². The Morgan fingerprint density at radius 2 is 2.04 bits per heavy atom. The molecule has 0 spiro atoms. The van der Waals surface area contributed by atoms with Crippen LogP contribution in [-0.2, 0) is 9.47 Å². The molecule has 1 aromatic carbocycles. The highest BCUT2D eigenvalue weighted by atomic mass is 19.1. The summed E-state index contributed by atoms with van der Waals surface area (Å²) in [5.41, 5.74) is 0.672. The van der Waals surface area contributed by atoms with E-state index in [9.17, 15) is 4.39 Å². The average molecular weight is 317 g/mol. The van der Waals surface area contributed by atoms with E-state index >= 15 is 0 Å². The third-order valence-corrected chi connectivity index (χ3v) is 4.53. The first kappa shape index (κ1) is 14.8. The highest BCUT2D eigenvalue weighted by Gasteiger charge is 2.28. The quantitative estimate of drug-likeness (QED) is 0.872. The molecule has 2 aliphatic rings. The molecule has 1 atom stereocenters. The van der Waals surface area contributed by atoms with E-state index in [-0.39, 0.29) is 11.9 Å². The number of hydrogen-bond donors (Lipinski definition) is 0. The summed E-state index contributed by atoms with van der Waals surface area (Å²) < 4.78 is 26.6. The Bertz CT molecular complexity index is 676. The zero-order valence-corrected chi connectivity index (χ0v) is 12.9. The molecule has 0 N–H and O–H groups in total. The van der Waals surface area contributed by atoms with Gasteiger partial charge in [-0.05, 0) is 31.0 Å². The third-order valence-electron chi connectivity index (χ3n) is 4.53. The minimum absolute atomic E-state index is 0.255. The van der Waals surface area contributed by atoms with Crippen LogP contribution in [0.2, 0.25) is 0 Å². The molecule has 2 aromatic rings. The maximum absolute atomic E-state index is 13.6. The molecule has 23 heavy (non-hydrogen) atoms. The summed E-state index contributed by atoms with van der Waals surface area (Å²) in [4.78, 5) is 4.75. The second-order valence-corrected chi connectivity index (χ2v) is 6.14. The molecule has 0 amide bonds. The molecule has 0 bridgehead atoms. The number of ether oxygens (including phenoxy) is 2. The van der Waals surface area contributed by atoms with Gasteiger partial charge >= 0.3 is 0 Å². The van der Waals surface area contributed by atoms with Crippen molar-refractivity contribution in [3.63, 3.8) is 0 Å². The Balaban J connectivity index is 1.74. The van der Waals surface area contributed by atoms with Crippen LogP contribution in [0, 0.1) is 5.82 Å². The van der Waals surface area contributed by atoms with Gasteiger partial charge in [-0.2, -0.15) is 5.10 Å². The predicted octanol–water partition coefficient (Wildman–Crippen LogP) is 3.15. The van der Waals surface area contributed by atoms with E-state index in [2.05, 4.69) is 5.10 Å². The number of hydrogen-bond acceptors (Lipinski definition) is 4. The molecule has 6 heteroatoms. The van der Waals surface area contributed by atoms with Crippen LogP contribution < -0.4 is 0 Å². The average Bonchev–Trinajstić information content (AvgIpc) is 3.25. The third kappa shape index (κ3) is 3.01. The van der Waals surface area contributed by atoms with Crippen LogP contribution in [0.15, 0.2) is 24.3 Å². The van der Waals surface area contributed by atoms with E-state index < -0.39 is 0 Å². The number of halogens is 1. The van der Waals surface area contributed by atoms with Gasteiger partial charge in [0.2, 0.25) is 0 Å². The topological polar surface area (TPSA) is 49.2 Å². The first-order chi connectivity index (χ1) is 11.3. The lowest BCUT2D eigenvalue weighted by molar-refractivity contribution is -0.0942. The van der Waals surface area contributed by atoms with Crippen LogP contribution in [0.1, 0.15) is 49.4 Å². The molecule has 1 aromatic heterocycles. The highest BCUT2D eigenvalue weighted by molar-refractivity contribution is 5.32. The monoisotopic (exact) mass is 317 g/mol. The van der Waals surface area contributed by atoms with Crippen molar-refractivity contribution in [3.05, 3.63) is 41.7 Å². The maximum Gasteiger partial charge on any atom is 0.163 e. The number of benzene rings is 1.